The van der Waals surface area contributed by atoms with Crippen molar-refractivity contribution in [3.05, 3.63) is 59.4 Å². The summed E-state index contributed by atoms with van der Waals surface area (Å²) >= 11 is 0. The molecule has 0 spiro atoms. The van der Waals surface area contributed by atoms with Gasteiger partial charge in [0.25, 0.3) is 0 Å². The van der Waals surface area contributed by atoms with Crippen LogP contribution in [0.15, 0.2) is 42.7 Å². The number of nitrogens with one attached hydrogen (secondary N) is 1. The number of amides is 1. The number of ether oxygens (including phenoxy) is 1. The van der Waals surface area contributed by atoms with Gasteiger partial charge in [0.05, 0.1) is 12.5 Å². The maximum absolute atomic E-state index is 13.0. The number of aryl methyl sites for hydroxylation is 2. The summed E-state index contributed by atoms with van der Waals surface area (Å²) in [5.74, 6) is 1.46. The molecule has 1 amide bonds. The maximum atomic E-state index is 13.0. The number of benzene rings is 1. The molecule has 4 rings (SSSR count). The zero-order chi connectivity index (χ0) is 23.0. The Balaban J connectivity index is 1.36. The summed E-state index contributed by atoms with van der Waals surface area (Å²) in [6, 6.07) is 10.7. The van der Waals surface area contributed by atoms with Crippen LogP contribution in [0.3, 0.4) is 0 Å². The molecule has 6 nitrogen and oxygen atoms in total. The van der Waals surface area contributed by atoms with Crippen molar-refractivity contribution in [2.75, 3.05) is 46.9 Å². The highest BCUT2D eigenvalue weighted by Crippen LogP contribution is 2.28. The highest BCUT2D eigenvalue weighted by atomic mass is 16.5. The van der Waals surface area contributed by atoms with Gasteiger partial charge in [0.2, 0.25) is 5.91 Å². The van der Waals surface area contributed by atoms with E-state index in [1.54, 1.807) is 0 Å². The number of hydrogen-bond acceptors (Lipinski definition) is 5. The standard InChI is InChI=1S/C27H38N4O2/c1-30(2)14-4-11-29-27(32)25-15-22(18-31(19-25)17-21-9-12-28-13-10-21)20-33-26-8-7-23-5-3-6-24(23)16-26/h7-10,12-13,16,22,25H,3-6,11,14-15,17-20H2,1-2H3,(H,29,32)/t22-,25+/m0/s1. The monoisotopic (exact) mass is 450 g/mol. The lowest BCUT2D eigenvalue weighted by Gasteiger charge is -2.37. The molecule has 33 heavy (non-hydrogen) atoms. The van der Waals surface area contributed by atoms with Crippen LogP contribution >= 0.6 is 0 Å². The molecule has 1 fully saturated rings. The van der Waals surface area contributed by atoms with Crippen molar-refractivity contribution in [2.24, 2.45) is 11.8 Å². The van der Waals surface area contributed by atoms with Crippen LogP contribution in [-0.2, 0) is 24.2 Å². The predicted molar refractivity (Wildman–Crippen MR) is 131 cm³/mol. The van der Waals surface area contributed by atoms with Crippen molar-refractivity contribution in [1.82, 2.24) is 20.1 Å². The first-order valence-corrected chi connectivity index (χ1v) is 12.3. The average Bonchev–Trinajstić information content (AvgIpc) is 3.29. The Labute approximate surface area is 198 Å². The summed E-state index contributed by atoms with van der Waals surface area (Å²) in [4.78, 5) is 21.7. The Morgan fingerprint density at radius 2 is 1.97 bits per heavy atom. The van der Waals surface area contributed by atoms with Crippen LogP contribution in [0.4, 0.5) is 0 Å². The number of hydrogen-bond donors (Lipinski definition) is 1. The summed E-state index contributed by atoms with van der Waals surface area (Å²) in [5, 5.41) is 3.17. The Hall–Kier alpha value is -2.44. The molecular weight excluding hydrogens is 412 g/mol. The second-order valence-corrected chi connectivity index (χ2v) is 9.89. The van der Waals surface area contributed by atoms with Crippen LogP contribution in [0.25, 0.3) is 0 Å². The Morgan fingerprint density at radius 1 is 1.15 bits per heavy atom. The van der Waals surface area contributed by atoms with E-state index >= 15 is 0 Å². The van der Waals surface area contributed by atoms with Crippen molar-refractivity contribution >= 4 is 5.91 Å². The van der Waals surface area contributed by atoms with Crippen molar-refractivity contribution in [3.8, 4) is 5.75 Å². The van der Waals surface area contributed by atoms with Crippen LogP contribution < -0.4 is 10.1 Å². The van der Waals surface area contributed by atoms with Crippen LogP contribution in [0.2, 0.25) is 0 Å². The van der Waals surface area contributed by atoms with E-state index in [1.165, 1.54) is 29.5 Å². The fourth-order valence-corrected chi connectivity index (χ4v) is 5.09. The summed E-state index contributed by atoms with van der Waals surface area (Å²) in [6.07, 6.45) is 9.11. The normalized spacial score (nSPS) is 20.6. The SMILES string of the molecule is CN(C)CCCNC(=O)[C@@H]1C[C@H](COc2ccc3c(c2)CCC3)CN(Cc2ccncc2)C1. The van der Waals surface area contributed by atoms with Crippen molar-refractivity contribution in [3.63, 3.8) is 0 Å². The number of piperidine rings is 1. The van der Waals surface area contributed by atoms with Crippen LogP contribution in [0.1, 0.15) is 36.0 Å². The lowest BCUT2D eigenvalue weighted by Crippen LogP contribution is -2.47. The number of carbonyl (C=O) groups excluding carboxylic acids is 1. The van der Waals surface area contributed by atoms with E-state index in [0.717, 1.165) is 57.7 Å². The van der Waals surface area contributed by atoms with Crippen LogP contribution in [0, 0.1) is 11.8 Å². The summed E-state index contributed by atoms with van der Waals surface area (Å²) in [7, 11) is 4.12. The van der Waals surface area contributed by atoms with E-state index < -0.39 is 0 Å². The van der Waals surface area contributed by atoms with Gasteiger partial charge >= 0.3 is 0 Å². The van der Waals surface area contributed by atoms with E-state index in [4.69, 9.17) is 4.74 Å². The molecule has 0 radical (unpaired) electrons. The molecule has 1 aromatic carbocycles. The molecule has 2 atom stereocenters. The lowest BCUT2D eigenvalue weighted by atomic mass is 9.88. The second kappa shape index (κ2) is 11.6. The van der Waals surface area contributed by atoms with Crippen molar-refractivity contribution in [2.45, 2.75) is 38.6 Å². The minimum absolute atomic E-state index is 0.00596. The van der Waals surface area contributed by atoms with Crippen molar-refractivity contribution < 1.29 is 9.53 Å². The molecule has 1 aliphatic heterocycles. The number of likely N-dealkylation sites (tertiary alicyclic amines) is 1. The van der Waals surface area contributed by atoms with Gasteiger partial charge in [0, 0.05) is 44.5 Å². The van der Waals surface area contributed by atoms with E-state index in [-0.39, 0.29) is 11.8 Å². The zero-order valence-electron chi connectivity index (χ0n) is 20.1. The molecular formula is C27H38N4O2. The highest BCUT2D eigenvalue weighted by molar-refractivity contribution is 5.79. The number of nitrogens with zero attached hydrogens (tertiary/aromatic N) is 3. The fraction of sp³-hybridized carbons (Fsp3) is 0.556. The summed E-state index contributed by atoms with van der Waals surface area (Å²) < 4.78 is 6.25. The lowest BCUT2D eigenvalue weighted by molar-refractivity contribution is -0.127. The Kier molecular flexibility index (Phi) is 8.35. The number of carbonyl (C=O) groups is 1. The molecule has 178 valence electrons. The van der Waals surface area contributed by atoms with Gasteiger partial charge < -0.3 is 15.0 Å². The smallest absolute Gasteiger partial charge is 0.224 e. The highest BCUT2D eigenvalue weighted by Gasteiger charge is 2.32. The first kappa shape index (κ1) is 23.7. The fourth-order valence-electron chi connectivity index (χ4n) is 5.09. The predicted octanol–water partition coefficient (Wildman–Crippen LogP) is 3.16. The topological polar surface area (TPSA) is 57.7 Å². The van der Waals surface area contributed by atoms with Gasteiger partial charge in [-0.3, -0.25) is 14.7 Å². The Morgan fingerprint density at radius 3 is 2.79 bits per heavy atom. The third-order valence-corrected chi connectivity index (χ3v) is 6.78. The van der Waals surface area contributed by atoms with Crippen LogP contribution in [-0.4, -0.2) is 67.6 Å². The molecule has 6 heteroatoms. The van der Waals surface area contributed by atoms with Gasteiger partial charge in [0.15, 0.2) is 0 Å². The molecule has 0 bridgehead atoms. The molecule has 1 aliphatic carbocycles. The molecule has 1 N–H and O–H groups in total. The number of rotatable bonds is 10. The Bertz CT molecular complexity index is 902. The van der Waals surface area contributed by atoms with Crippen molar-refractivity contribution in [1.29, 1.82) is 0 Å². The first-order valence-electron chi connectivity index (χ1n) is 12.3. The summed E-state index contributed by atoms with van der Waals surface area (Å²) in [5.41, 5.74) is 4.13. The van der Waals surface area contributed by atoms with Gasteiger partial charge in [-0.25, -0.2) is 0 Å². The number of pyridine rings is 1. The summed E-state index contributed by atoms with van der Waals surface area (Å²) in [6.45, 7) is 4.93. The average molecular weight is 451 g/mol. The van der Waals surface area contributed by atoms with E-state index in [2.05, 4.69) is 64.5 Å². The molecule has 2 aromatic rings. The largest absolute Gasteiger partial charge is 0.493 e. The van der Waals surface area contributed by atoms with E-state index in [1.807, 2.05) is 12.4 Å². The number of fused-ring (bicyclic) bond motifs is 1. The minimum atomic E-state index is -0.00596. The van der Waals surface area contributed by atoms with Gasteiger partial charge in [0.1, 0.15) is 5.75 Å². The van der Waals surface area contributed by atoms with Crippen LogP contribution in [0.5, 0.6) is 5.75 Å². The molecule has 2 aliphatic rings. The molecule has 1 aromatic heterocycles. The second-order valence-electron chi connectivity index (χ2n) is 9.89. The number of aromatic nitrogens is 1. The van der Waals surface area contributed by atoms with E-state index in [0.29, 0.717) is 12.5 Å². The van der Waals surface area contributed by atoms with Gasteiger partial charge in [-0.1, -0.05) is 6.07 Å². The molecule has 2 heterocycles. The van der Waals surface area contributed by atoms with Gasteiger partial charge in [-0.05, 0) is 93.7 Å². The minimum Gasteiger partial charge on any atom is -0.493 e. The quantitative estimate of drug-likeness (QED) is 0.564. The first-order chi connectivity index (χ1) is 16.1. The zero-order valence-corrected chi connectivity index (χ0v) is 20.1. The third kappa shape index (κ3) is 7.02. The van der Waals surface area contributed by atoms with E-state index in [9.17, 15) is 4.79 Å². The molecule has 0 saturated carbocycles. The molecule has 1 saturated heterocycles. The van der Waals surface area contributed by atoms with Gasteiger partial charge in [-0.15, -0.1) is 0 Å². The molecule has 0 unspecified atom stereocenters. The maximum Gasteiger partial charge on any atom is 0.224 e. The third-order valence-electron chi connectivity index (χ3n) is 6.78. The van der Waals surface area contributed by atoms with Gasteiger partial charge in [-0.2, -0.15) is 0 Å².